The molecule has 0 spiro atoms. The minimum absolute atomic E-state index is 0.211. The number of ether oxygens (including phenoxy) is 1. The highest BCUT2D eigenvalue weighted by Gasteiger charge is 2.19. The molecule has 0 aliphatic rings. The first-order valence-electron chi connectivity index (χ1n) is 6.27. The molecule has 1 heterocycles. The molecular weight excluding hydrogens is 258 g/mol. The minimum atomic E-state index is -0.388. The quantitative estimate of drug-likeness (QED) is 0.435. The van der Waals surface area contributed by atoms with Crippen molar-refractivity contribution in [3.05, 3.63) is 42.9 Å². The lowest BCUT2D eigenvalue weighted by Crippen LogP contribution is -2.36. The Labute approximate surface area is 118 Å². The third-order valence-corrected chi connectivity index (χ3v) is 2.69. The number of methoxy groups -OCH3 is 1. The van der Waals surface area contributed by atoms with E-state index in [0.717, 1.165) is 0 Å². The van der Waals surface area contributed by atoms with Crippen LogP contribution in [-0.4, -0.2) is 37.0 Å². The number of carbonyl (C=O) groups excluding carboxylic acids is 2. The summed E-state index contributed by atoms with van der Waals surface area (Å²) in [6.45, 7) is 5.97. The van der Waals surface area contributed by atoms with Crippen LogP contribution in [0.15, 0.2) is 41.5 Å². The van der Waals surface area contributed by atoms with Gasteiger partial charge in [0.05, 0.1) is 19.3 Å². The van der Waals surface area contributed by atoms with E-state index < -0.39 is 0 Å². The van der Waals surface area contributed by atoms with Crippen LogP contribution in [0.2, 0.25) is 0 Å². The topological polar surface area (TPSA) is 59.8 Å². The van der Waals surface area contributed by atoms with Crippen LogP contribution in [0.1, 0.15) is 12.7 Å². The molecule has 1 rings (SSSR count). The van der Waals surface area contributed by atoms with E-state index >= 15 is 0 Å². The molecule has 5 heteroatoms. The molecule has 1 amide bonds. The lowest BCUT2D eigenvalue weighted by atomic mass is 10.1. The molecule has 20 heavy (non-hydrogen) atoms. The predicted octanol–water partition coefficient (Wildman–Crippen LogP) is 2.12. The molecule has 0 N–H and O–H groups in total. The molecular formula is C15H19NO4. The summed E-state index contributed by atoms with van der Waals surface area (Å²) in [6.07, 6.45) is 6.14. The van der Waals surface area contributed by atoms with Gasteiger partial charge in [0, 0.05) is 19.2 Å². The van der Waals surface area contributed by atoms with Gasteiger partial charge in [-0.15, -0.1) is 6.58 Å². The molecule has 1 aromatic heterocycles. The number of esters is 1. The average molecular weight is 277 g/mol. The summed E-state index contributed by atoms with van der Waals surface area (Å²) in [5, 5.41) is 0. The minimum Gasteiger partial charge on any atom is -0.469 e. The van der Waals surface area contributed by atoms with Gasteiger partial charge in [0.25, 0.3) is 0 Å². The van der Waals surface area contributed by atoms with E-state index in [2.05, 4.69) is 11.3 Å². The van der Waals surface area contributed by atoms with Gasteiger partial charge in [0.15, 0.2) is 0 Å². The molecule has 0 aromatic carbocycles. The van der Waals surface area contributed by atoms with E-state index in [-0.39, 0.29) is 24.3 Å². The summed E-state index contributed by atoms with van der Waals surface area (Å²) in [7, 11) is 1.33. The molecule has 5 nitrogen and oxygen atoms in total. The van der Waals surface area contributed by atoms with Crippen molar-refractivity contribution in [3.63, 3.8) is 0 Å². The van der Waals surface area contributed by atoms with Gasteiger partial charge >= 0.3 is 5.97 Å². The predicted molar refractivity (Wildman–Crippen MR) is 75.7 cm³/mol. The zero-order valence-electron chi connectivity index (χ0n) is 11.7. The van der Waals surface area contributed by atoms with E-state index in [1.54, 1.807) is 31.2 Å². The van der Waals surface area contributed by atoms with Crippen molar-refractivity contribution >= 4 is 18.0 Å². The number of hydrogen-bond acceptors (Lipinski definition) is 4. The molecule has 0 radical (unpaired) electrons. The summed E-state index contributed by atoms with van der Waals surface area (Å²) in [5.74, 6) is -0.349. The molecule has 0 bridgehead atoms. The van der Waals surface area contributed by atoms with Crippen LogP contribution in [0.3, 0.4) is 0 Å². The van der Waals surface area contributed by atoms with Crippen LogP contribution >= 0.6 is 0 Å². The Morgan fingerprint density at radius 1 is 1.55 bits per heavy atom. The Hall–Kier alpha value is -2.30. The summed E-state index contributed by atoms with van der Waals surface area (Å²) < 4.78 is 9.76. The van der Waals surface area contributed by atoms with Crippen LogP contribution in [0.25, 0.3) is 6.08 Å². The average Bonchev–Trinajstić information content (AvgIpc) is 2.96. The van der Waals surface area contributed by atoms with Crippen LogP contribution in [0.5, 0.6) is 0 Å². The fraction of sp³-hybridized carbons (Fsp3) is 0.333. The zero-order chi connectivity index (χ0) is 15.0. The van der Waals surface area contributed by atoms with E-state index in [0.29, 0.717) is 12.3 Å². The van der Waals surface area contributed by atoms with E-state index in [1.807, 2.05) is 0 Å². The van der Waals surface area contributed by atoms with Crippen LogP contribution in [0.4, 0.5) is 0 Å². The van der Waals surface area contributed by atoms with Gasteiger partial charge in [-0.1, -0.05) is 13.0 Å². The summed E-state index contributed by atoms with van der Waals surface area (Å²) >= 11 is 0. The lowest BCUT2D eigenvalue weighted by Gasteiger charge is -2.22. The van der Waals surface area contributed by atoms with Crippen LogP contribution < -0.4 is 0 Å². The molecule has 108 valence electrons. The third-order valence-electron chi connectivity index (χ3n) is 2.69. The molecule has 0 saturated carbocycles. The molecule has 1 aromatic rings. The van der Waals surface area contributed by atoms with Gasteiger partial charge in [-0.05, 0) is 18.2 Å². The second-order valence-corrected chi connectivity index (χ2v) is 4.30. The SMILES string of the molecule is C=CCN(CC(C)C(=O)OC)C(=O)/C=C/c1ccco1. The first kappa shape index (κ1) is 15.8. The molecule has 0 fully saturated rings. The van der Waals surface area contributed by atoms with E-state index in [9.17, 15) is 9.59 Å². The second kappa shape index (κ2) is 7.99. The fourth-order valence-electron chi connectivity index (χ4n) is 1.66. The summed E-state index contributed by atoms with van der Waals surface area (Å²) in [5.41, 5.74) is 0. The van der Waals surface area contributed by atoms with Gasteiger partial charge < -0.3 is 14.1 Å². The van der Waals surface area contributed by atoms with Crippen molar-refractivity contribution in [1.29, 1.82) is 0 Å². The molecule has 1 atom stereocenters. The van der Waals surface area contributed by atoms with Gasteiger partial charge in [0.1, 0.15) is 5.76 Å². The number of amides is 1. The summed E-state index contributed by atoms with van der Waals surface area (Å²) in [6, 6.07) is 3.49. The second-order valence-electron chi connectivity index (χ2n) is 4.30. The first-order chi connectivity index (χ1) is 9.58. The Bertz CT molecular complexity index is 476. The zero-order valence-corrected chi connectivity index (χ0v) is 11.7. The third kappa shape index (κ3) is 4.76. The molecule has 0 aliphatic heterocycles. The Morgan fingerprint density at radius 3 is 2.85 bits per heavy atom. The lowest BCUT2D eigenvalue weighted by molar-refractivity contribution is -0.145. The van der Waals surface area contributed by atoms with Gasteiger partial charge in [0.2, 0.25) is 5.91 Å². The maximum Gasteiger partial charge on any atom is 0.310 e. The molecule has 1 unspecified atom stereocenters. The van der Waals surface area contributed by atoms with Crippen LogP contribution in [-0.2, 0) is 14.3 Å². The maximum atomic E-state index is 12.1. The summed E-state index contributed by atoms with van der Waals surface area (Å²) in [4.78, 5) is 25.0. The Balaban J connectivity index is 2.67. The van der Waals surface area contributed by atoms with Crippen molar-refractivity contribution in [3.8, 4) is 0 Å². The normalized spacial score (nSPS) is 12.1. The molecule has 0 saturated heterocycles. The standard InChI is InChI=1S/C15H19NO4/c1-4-9-16(11-12(2)15(18)19-3)14(17)8-7-13-6-5-10-20-13/h4-8,10,12H,1,9,11H2,2-3H3/b8-7+. The van der Waals surface area contributed by atoms with Crippen molar-refractivity contribution in [2.45, 2.75) is 6.92 Å². The van der Waals surface area contributed by atoms with Crippen molar-refractivity contribution in [2.24, 2.45) is 5.92 Å². The Kier molecular flexibility index (Phi) is 6.29. The number of hydrogen-bond donors (Lipinski definition) is 0. The van der Waals surface area contributed by atoms with E-state index in [4.69, 9.17) is 4.42 Å². The highest BCUT2D eigenvalue weighted by molar-refractivity contribution is 5.91. The number of furan rings is 1. The van der Waals surface area contributed by atoms with Gasteiger partial charge in [-0.25, -0.2) is 0 Å². The van der Waals surface area contributed by atoms with Crippen molar-refractivity contribution in [2.75, 3.05) is 20.2 Å². The highest BCUT2D eigenvalue weighted by atomic mass is 16.5. The number of rotatable bonds is 7. The molecule has 0 aliphatic carbocycles. The fourth-order valence-corrected chi connectivity index (χ4v) is 1.66. The van der Waals surface area contributed by atoms with Crippen molar-refractivity contribution < 1.29 is 18.7 Å². The van der Waals surface area contributed by atoms with E-state index in [1.165, 1.54) is 24.3 Å². The highest BCUT2D eigenvalue weighted by Crippen LogP contribution is 2.06. The first-order valence-corrected chi connectivity index (χ1v) is 6.27. The number of nitrogens with zero attached hydrogens (tertiary/aromatic N) is 1. The number of carbonyl (C=O) groups is 2. The Morgan fingerprint density at radius 2 is 2.30 bits per heavy atom. The maximum absolute atomic E-state index is 12.1. The monoisotopic (exact) mass is 277 g/mol. The largest absolute Gasteiger partial charge is 0.469 e. The van der Waals surface area contributed by atoms with Crippen LogP contribution in [0, 0.1) is 5.92 Å². The van der Waals surface area contributed by atoms with Crippen molar-refractivity contribution in [1.82, 2.24) is 4.90 Å². The van der Waals surface area contributed by atoms with Gasteiger partial charge in [-0.2, -0.15) is 0 Å². The smallest absolute Gasteiger partial charge is 0.310 e. The van der Waals surface area contributed by atoms with Gasteiger partial charge in [-0.3, -0.25) is 9.59 Å².